The molecule has 1 fully saturated rings. The van der Waals surface area contributed by atoms with Crippen molar-refractivity contribution in [2.24, 2.45) is 7.05 Å². The average Bonchev–Trinajstić information content (AvgIpc) is 2.86. The van der Waals surface area contributed by atoms with Crippen LogP contribution < -0.4 is 0 Å². The molecule has 1 aliphatic heterocycles. The largest absolute Gasteiger partial charge is 0.444 e. The summed E-state index contributed by atoms with van der Waals surface area (Å²) in [6, 6.07) is 4.04. The normalized spacial score (nSPS) is 20.6. The van der Waals surface area contributed by atoms with E-state index in [4.69, 9.17) is 4.74 Å². The van der Waals surface area contributed by atoms with Crippen LogP contribution in [0.25, 0.3) is 10.9 Å². The lowest BCUT2D eigenvalue weighted by Crippen LogP contribution is -2.47. The van der Waals surface area contributed by atoms with Gasteiger partial charge in [-0.2, -0.15) is 13.2 Å². The van der Waals surface area contributed by atoms with Crippen LogP contribution in [0.4, 0.5) is 22.4 Å². The highest BCUT2D eigenvalue weighted by Gasteiger charge is 2.35. The van der Waals surface area contributed by atoms with Gasteiger partial charge < -0.3 is 19.3 Å². The van der Waals surface area contributed by atoms with Crippen molar-refractivity contribution in [2.75, 3.05) is 13.1 Å². The van der Waals surface area contributed by atoms with Crippen LogP contribution in [0.3, 0.4) is 0 Å². The number of aliphatic hydroxyl groups excluding tert-OH is 1. The first-order valence-electron chi connectivity index (χ1n) is 9.75. The van der Waals surface area contributed by atoms with Crippen molar-refractivity contribution in [1.82, 2.24) is 9.47 Å². The lowest BCUT2D eigenvalue weighted by Gasteiger charge is -2.37. The Morgan fingerprint density at radius 2 is 1.90 bits per heavy atom. The number of nitrogens with zero attached hydrogens (tertiary/aromatic N) is 2. The molecule has 1 aromatic carbocycles. The Morgan fingerprint density at radius 3 is 2.47 bits per heavy atom. The molecule has 30 heavy (non-hydrogen) atoms. The van der Waals surface area contributed by atoms with E-state index in [1.807, 2.05) is 0 Å². The van der Waals surface area contributed by atoms with Crippen LogP contribution in [0.15, 0.2) is 18.2 Å². The summed E-state index contributed by atoms with van der Waals surface area (Å²) >= 11 is 0. The second kappa shape index (κ2) is 7.76. The number of carbonyl (C=O) groups excluding carboxylic acids is 1. The van der Waals surface area contributed by atoms with Gasteiger partial charge in [0.15, 0.2) is 0 Å². The van der Waals surface area contributed by atoms with E-state index in [1.54, 1.807) is 20.8 Å². The summed E-state index contributed by atoms with van der Waals surface area (Å²) in [5.41, 5.74) is 0.0665. The van der Waals surface area contributed by atoms with Crippen molar-refractivity contribution in [3.8, 4) is 0 Å². The molecule has 1 aliphatic rings. The number of β-amino-alcohol motifs (C(OH)–C–C–N with tert-alkyl or cyclic N) is 1. The van der Waals surface area contributed by atoms with Crippen molar-refractivity contribution in [1.29, 1.82) is 0 Å². The maximum Gasteiger partial charge on any atom is 0.410 e. The van der Waals surface area contributed by atoms with E-state index in [9.17, 15) is 27.5 Å². The second-order valence-electron chi connectivity index (χ2n) is 8.81. The van der Waals surface area contributed by atoms with Gasteiger partial charge in [-0.1, -0.05) is 0 Å². The Bertz CT molecular complexity index is 946. The van der Waals surface area contributed by atoms with E-state index >= 15 is 0 Å². The average molecular weight is 430 g/mol. The first-order chi connectivity index (χ1) is 13.7. The Morgan fingerprint density at radius 1 is 1.23 bits per heavy atom. The summed E-state index contributed by atoms with van der Waals surface area (Å²) in [4.78, 5) is 13.6. The van der Waals surface area contributed by atoms with E-state index in [2.05, 4.69) is 0 Å². The van der Waals surface area contributed by atoms with Gasteiger partial charge in [0.05, 0.1) is 19.1 Å². The minimum atomic E-state index is -4.37. The molecule has 3 rings (SSSR count). The molecule has 2 aromatic rings. The van der Waals surface area contributed by atoms with Gasteiger partial charge >= 0.3 is 12.3 Å². The highest BCUT2D eigenvalue weighted by atomic mass is 19.4. The lowest BCUT2D eigenvalue weighted by molar-refractivity contribution is -0.128. The van der Waals surface area contributed by atoms with Gasteiger partial charge in [0.1, 0.15) is 11.4 Å². The molecule has 1 aromatic heterocycles. The number of hydrogen-bond donors (Lipinski definition) is 1. The predicted octanol–water partition coefficient (Wildman–Crippen LogP) is 4.51. The standard InChI is InChI=1S/C21H26F4N2O3/c1-20(2,3)30-19(29)27-6-5-14(18(28)11-27)15-9-17-12(8-16(15)22)7-13(26(17)4)10-21(23,24)25/h7-9,14,18,28H,5-6,10-11H2,1-4H3. The van der Waals surface area contributed by atoms with Gasteiger partial charge in [0.2, 0.25) is 0 Å². The van der Waals surface area contributed by atoms with Crippen molar-refractivity contribution in [2.45, 2.75) is 57.4 Å². The number of aliphatic hydroxyl groups is 1. The number of piperidine rings is 1. The Kier molecular flexibility index (Phi) is 5.79. The van der Waals surface area contributed by atoms with Crippen LogP contribution in [0.5, 0.6) is 0 Å². The lowest BCUT2D eigenvalue weighted by atomic mass is 9.86. The number of likely N-dealkylation sites (tertiary alicyclic amines) is 1. The minimum absolute atomic E-state index is 0.0104. The third kappa shape index (κ3) is 4.88. The summed E-state index contributed by atoms with van der Waals surface area (Å²) < 4.78 is 59.9. The number of amides is 1. The van der Waals surface area contributed by atoms with Gasteiger partial charge in [0, 0.05) is 36.1 Å². The molecule has 1 N–H and O–H groups in total. The second-order valence-corrected chi connectivity index (χ2v) is 8.81. The fourth-order valence-corrected chi connectivity index (χ4v) is 3.88. The number of aromatic nitrogens is 1. The number of ether oxygens (including phenoxy) is 1. The number of halogens is 4. The third-order valence-electron chi connectivity index (χ3n) is 5.27. The molecule has 2 heterocycles. The van der Waals surface area contributed by atoms with E-state index in [1.165, 1.54) is 34.7 Å². The Hall–Kier alpha value is -2.29. The number of carbonyl (C=O) groups is 1. The fourth-order valence-electron chi connectivity index (χ4n) is 3.88. The zero-order chi connectivity index (χ0) is 22.4. The van der Waals surface area contributed by atoms with Crippen molar-refractivity contribution in [3.05, 3.63) is 35.3 Å². The summed E-state index contributed by atoms with van der Waals surface area (Å²) in [7, 11) is 1.51. The number of alkyl halides is 3. The van der Waals surface area contributed by atoms with E-state index in [0.29, 0.717) is 17.3 Å². The first-order valence-corrected chi connectivity index (χ1v) is 9.75. The molecule has 1 amide bonds. The molecule has 5 nitrogen and oxygen atoms in total. The van der Waals surface area contributed by atoms with Crippen LogP contribution in [-0.4, -0.2) is 51.6 Å². The molecular weight excluding hydrogens is 404 g/mol. The molecule has 2 unspecified atom stereocenters. The molecule has 0 saturated carbocycles. The maximum absolute atomic E-state index is 14.8. The molecule has 0 spiro atoms. The van der Waals surface area contributed by atoms with E-state index in [-0.39, 0.29) is 24.3 Å². The highest BCUT2D eigenvalue weighted by molar-refractivity contribution is 5.82. The molecule has 1 saturated heterocycles. The Balaban J connectivity index is 1.84. The zero-order valence-electron chi connectivity index (χ0n) is 17.4. The summed E-state index contributed by atoms with van der Waals surface area (Å²) in [6.45, 7) is 5.49. The SMILES string of the molecule is Cn1c(CC(F)(F)F)cc2cc(F)c(C3CCN(C(=O)OC(C)(C)C)CC3O)cc21. The van der Waals surface area contributed by atoms with Crippen LogP contribution in [0.1, 0.15) is 44.4 Å². The minimum Gasteiger partial charge on any atom is -0.444 e. The topological polar surface area (TPSA) is 54.7 Å². The monoisotopic (exact) mass is 430 g/mol. The van der Waals surface area contributed by atoms with Crippen molar-refractivity contribution in [3.63, 3.8) is 0 Å². The molecule has 0 bridgehead atoms. The van der Waals surface area contributed by atoms with Gasteiger partial charge in [-0.05, 0) is 51.0 Å². The molecular formula is C21H26F4N2O3. The number of rotatable bonds is 2. The number of fused-ring (bicyclic) bond motifs is 1. The molecule has 9 heteroatoms. The van der Waals surface area contributed by atoms with Gasteiger partial charge in [-0.15, -0.1) is 0 Å². The summed E-state index contributed by atoms with van der Waals surface area (Å²) in [5.74, 6) is -1.16. The smallest absolute Gasteiger partial charge is 0.410 e. The van der Waals surface area contributed by atoms with Crippen molar-refractivity contribution < 1.29 is 32.2 Å². The summed E-state index contributed by atoms with van der Waals surface area (Å²) in [6.07, 6.45) is -6.73. The zero-order valence-corrected chi connectivity index (χ0v) is 17.4. The molecule has 0 aliphatic carbocycles. The molecule has 2 atom stereocenters. The predicted molar refractivity (Wildman–Crippen MR) is 104 cm³/mol. The fraction of sp³-hybridized carbons (Fsp3) is 0.571. The number of hydrogen-bond acceptors (Lipinski definition) is 3. The molecule has 166 valence electrons. The summed E-state index contributed by atoms with van der Waals surface area (Å²) in [5, 5.41) is 11.0. The van der Waals surface area contributed by atoms with Crippen LogP contribution in [-0.2, 0) is 18.2 Å². The Labute approximate surface area is 172 Å². The third-order valence-corrected chi connectivity index (χ3v) is 5.27. The molecule has 0 radical (unpaired) electrons. The van der Waals surface area contributed by atoms with Gasteiger partial charge in [-0.3, -0.25) is 0 Å². The van der Waals surface area contributed by atoms with E-state index in [0.717, 1.165) is 0 Å². The van der Waals surface area contributed by atoms with Crippen LogP contribution >= 0.6 is 0 Å². The maximum atomic E-state index is 14.8. The van der Waals surface area contributed by atoms with Crippen molar-refractivity contribution >= 4 is 17.0 Å². The first kappa shape index (κ1) is 22.4. The van der Waals surface area contributed by atoms with Gasteiger partial charge in [0.25, 0.3) is 0 Å². The van der Waals surface area contributed by atoms with Crippen LogP contribution in [0.2, 0.25) is 0 Å². The quantitative estimate of drug-likeness (QED) is 0.714. The van der Waals surface area contributed by atoms with Gasteiger partial charge in [-0.25, -0.2) is 9.18 Å². The van der Waals surface area contributed by atoms with E-state index < -0.39 is 42.1 Å². The number of benzene rings is 1. The van der Waals surface area contributed by atoms with Crippen LogP contribution in [0, 0.1) is 5.82 Å². The number of aryl methyl sites for hydroxylation is 1. The highest BCUT2D eigenvalue weighted by Crippen LogP contribution is 2.35.